The van der Waals surface area contributed by atoms with Gasteiger partial charge < -0.3 is 17.0 Å². The Hall–Kier alpha value is 0.0200. The zero-order valence-corrected chi connectivity index (χ0v) is 19.4. The second-order valence-electron chi connectivity index (χ2n) is 5.33. The largest absolute Gasteiger partial charge is 0.314 e. The van der Waals surface area contributed by atoms with Crippen LogP contribution in [0.1, 0.15) is 0 Å². The Balaban J connectivity index is 4.17. The highest BCUT2D eigenvalue weighted by atomic mass is 127. The van der Waals surface area contributed by atoms with E-state index >= 15 is 0 Å². The third kappa shape index (κ3) is 17.4. The summed E-state index contributed by atoms with van der Waals surface area (Å²) in [6, 6.07) is 0. The number of rotatable bonds is 18. The normalized spacial score (nSPS) is 12.5. The van der Waals surface area contributed by atoms with Crippen molar-refractivity contribution in [1.82, 2.24) is 21.9 Å². The van der Waals surface area contributed by atoms with Gasteiger partial charge in [0.25, 0.3) is 0 Å². The second-order valence-corrected chi connectivity index (χ2v) is 8.06. The van der Waals surface area contributed by atoms with E-state index < -0.39 is 0 Å². The van der Waals surface area contributed by atoms with E-state index in [-0.39, 0.29) is 0 Å². The Labute approximate surface area is 183 Å². The summed E-state index contributed by atoms with van der Waals surface area (Å²) >= 11 is 4.63. The summed E-state index contributed by atoms with van der Waals surface area (Å²) in [6.07, 6.45) is 0. The van der Waals surface area contributed by atoms with Crippen LogP contribution in [0.2, 0.25) is 0 Å². The van der Waals surface area contributed by atoms with Crippen molar-refractivity contribution in [3.63, 3.8) is 0 Å². The first-order chi connectivity index (χ1) is 12.6. The highest BCUT2D eigenvalue weighted by molar-refractivity contribution is 14.1. The van der Waals surface area contributed by atoms with Crippen molar-refractivity contribution in [2.24, 2.45) is 38.2 Å². The molecule has 0 aromatic carbocycles. The van der Waals surface area contributed by atoms with E-state index in [0.29, 0.717) is 13.1 Å². The molecule has 0 radical (unpaired) electrons. The maximum atomic E-state index is 5.28. The predicted molar refractivity (Wildman–Crippen MR) is 121 cm³/mol. The van der Waals surface area contributed by atoms with Gasteiger partial charge >= 0.3 is 0 Å². The van der Waals surface area contributed by atoms with Gasteiger partial charge in [-0.1, -0.05) is 10.4 Å². The molecule has 14 heteroatoms. The Morgan fingerprint density at radius 1 is 0.692 bits per heavy atom. The van der Waals surface area contributed by atoms with Crippen molar-refractivity contribution < 1.29 is 0 Å². The zero-order chi connectivity index (χ0) is 19.5. The standard InChI is InChI=1S/C12H32I2N12/c13-25(7-4-20-22-16)11-9-24(6-3-18-1-2-19-15)10-12-26(14)8-5-21-23-17/h18-19H,1-12,15H2,(H2,16,20)(H2,17,21). The molecule has 0 heterocycles. The highest BCUT2D eigenvalue weighted by Gasteiger charge is 2.09. The maximum Gasteiger partial charge on any atom is 0.0755 e. The molecule has 0 spiro atoms. The topological polar surface area (TPSA) is 161 Å². The van der Waals surface area contributed by atoms with Crippen LogP contribution in [0.3, 0.4) is 0 Å². The molecule has 0 atom stereocenters. The fourth-order valence-electron chi connectivity index (χ4n) is 2.00. The molecule has 0 aromatic heterocycles. The molecule has 154 valence electrons. The SMILES string of the molecule is NN=NCCN(I)CCN(CCNCCNN)CCN(I)CCN=NN. The van der Waals surface area contributed by atoms with Crippen LogP contribution < -0.4 is 28.3 Å². The molecule has 0 rings (SSSR count). The fourth-order valence-corrected chi connectivity index (χ4v) is 2.87. The first-order valence-electron chi connectivity index (χ1n) is 8.45. The molecular formula is C12H32I2N12. The van der Waals surface area contributed by atoms with E-state index in [9.17, 15) is 0 Å². The molecule has 0 bridgehead atoms. The lowest BCUT2D eigenvalue weighted by Crippen LogP contribution is -2.41. The lowest BCUT2D eigenvalue weighted by Gasteiger charge is -2.26. The van der Waals surface area contributed by atoms with Crippen LogP contribution in [0.5, 0.6) is 0 Å². The first kappa shape index (κ1) is 26.0. The highest BCUT2D eigenvalue weighted by Crippen LogP contribution is 2.02. The van der Waals surface area contributed by atoms with Crippen molar-refractivity contribution in [2.45, 2.75) is 0 Å². The Morgan fingerprint density at radius 2 is 1.23 bits per heavy atom. The van der Waals surface area contributed by atoms with E-state index in [0.717, 1.165) is 65.4 Å². The minimum absolute atomic E-state index is 0.615. The molecule has 0 aliphatic heterocycles. The molecule has 0 saturated carbocycles. The van der Waals surface area contributed by atoms with Gasteiger partial charge in [0.1, 0.15) is 0 Å². The molecule has 0 aromatic rings. The summed E-state index contributed by atoms with van der Waals surface area (Å²) in [7, 11) is 0. The van der Waals surface area contributed by atoms with Gasteiger partial charge in [0, 0.05) is 111 Å². The second kappa shape index (κ2) is 19.8. The van der Waals surface area contributed by atoms with E-state index in [4.69, 9.17) is 17.5 Å². The van der Waals surface area contributed by atoms with E-state index in [1.54, 1.807) is 0 Å². The van der Waals surface area contributed by atoms with Crippen LogP contribution in [0.15, 0.2) is 20.7 Å². The molecule has 0 amide bonds. The molecular weight excluding hydrogens is 566 g/mol. The number of halogens is 2. The number of nitrogens with zero attached hydrogens (tertiary/aromatic N) is 7. The molecule has 0 aliphatic rings. The molecule has 8 N–H and O–H groups in total. The van der Waals surface area contributed by atoms with Crippen LogP contribution >= 0.6 is 45.7 Å². The minimum Gasteiger partial charge on any atom is -0.314 e. The molecule has 26 heavy (non-hydrogen) atoms. The third-order valence-corrected chi connectivity index (χ3v) is 5.35. The molecule has 12 nitrogen and oxygen atoms in total. The number of hydrogen-bond donors (Lipinski definition) is 5. The van der Waals surface area contributed by atoms with Crippen molar-refractivity contribution in [3.8, 4) is 0 Å². The average molecular weight is 598 g/mol. The summed E-state index contributed by atoms with van der Waals surface area (Å²) in [5, 5.41) is 17.5. The monoisotopic (exact) mass is 598 g/mol. The summed E-state index contributed by atoms with van der Waals surface area (Å²) < 4.78 is 4.41. The van der Waals surface area contributed by atoms with Crippen molar-refractivity contribution in [2.75, 3.05) is 78.5 Å². The van der Waals surface area contributed by atoms with Crippen LogP contribution in [0, 0.1) is 0 Å². The maximum absolute atomic E-state index is 5.28. The lowest BCUT2D eigenvalue weighted by molar-refractivity contribution is 0.247. The first-order valence-corrected chi connectivity index (χ1v) is 10.4. The summed E-state index contributed by atoms with van der Waals surface area (Å²) in [5.41, 5.74) is 2.64. The van der Waals surface area contributed by atoms with E-state index in [1.807, 2.05) is 0 Å². The van der Waals surface area contributed by atoms with Gasteiger partial charge in [-0.2, -0.15) is 10.2 Å². The molecule has 0 saturated heterocycles. The zero-order valence-electron chi connectivity index (χ0n) is 15.1. The predicted octanol–water partition coefficient (Wildman–Crippen LogP) is -0.703. The third-order valence-electron chi connectivity index (χ3n) is 3.42. The average Bonchev–Trinajstić information content (AvgIpc) is 2.63. The van der Waals surface area contributed by atoms with Gasteiger partial charge in [0.15, 0.2) is 0 Å². The van der Waals surface area contributed by atoms with Gasteiger partial charge in [-0.05, 0) is 0 Å². The van der Waals surface area contributed by atoms with Crippen LogP contribution in [-0.4, -0.2) is 89.7 Å². The van der Waals surface area contributed by atoms with E-state index in [1.165, 1.54) is 0 Å². The summed E-state index contributed by atoms with van der Waals surface area (Å²) in [5.74, 6) is 15.3. The van der Waals surface area contributed by atoms with Crippen LogP contribution in [0.4, 0.5) is 0 Å². The Kier molecular flexibility index (Phi) is 19.8. The Morgan fingerprint density at radius 3 is 1.69 bits per heavy atom. The van der Waals surface area contributed by atoms with Crippen LogP contribution in [-0.2, 0) is 0 Å². The smallest absolute Gasteiger partial charge is 0.0755 e. The quantitative estimate of drug-likeness (QED) is 0.0346. The van der Waals surface area contributed by atoms with Crippen molar-refractivity contribution >= 4 is 45.7 Å². The Bertz CT molecular complexity index is 333. The van der Waals surface area contributed by atoms with Crippen molar-refractivity contribution in [3.05, 3.63) is 0 Å². The fraction of sp³-hybridized carbons (Fsp3) is 1.00. The van der Waals surface area contributed by atoms with E-state index in [2.05, 4.69) is 88.3 Å². The number of hydrogen-bond acceptors (Lipinski definition) is 10. The van der Waals surface area contributed by atoms with Crippen molar-refractivity contribution in [1.29, 1.82) is 0 Å². The summed E-state index contributed by atoms with van der Waals surface area (Å²) in [6.45, 7) is 10.3. The summed E-state index contributed by atoms with van der Waals surface area (Å²) in [4.78, 5) is 2.44. The lowest BCUT2D eigenvalue weighted by atomic mass is 10.4. The van der Waals surface area contributed by atoms with Gasteiger partial charge in [-0.25, -0.2) is 6.23 Å². The number of nitrogens with one attached hydrogen (secondary N) is 2. The number of hydrazine groups is 1. The minimum atomic E-state index is 0.615. The number of nitrogens with two attached hydrogens (primary N) is 3. The molecule has 0 fully saturated rings. The van der Waals surface area contributed by atoms with Gasteiger partial charge in [-0.15, -0.1) is 0 Å². The van der Waals surface area contributed by atoms with Gasteiger partial charge in [-0.3, -0.25) is 16.2 Å². The van der Waals surface area contributed by atoms with Gasteiger partial charge in [0.2, 0.25) is 0 Å². The molecule has 0 aliphatic carbocycles. The van der Waals surface area contributed by atoms with Crippen LogP contribution in [0.25, 0.3) is 0 Å². The molecule has 0 unspecified atom stereocenters. The van der Waals surface area contributed by atoms with Gasteiger partial charge in [0.05, 0.1) is 13.1 Å².